The van der Waals surface area contributed by atoms with Crippen molar-refractivity contribution in [3.05, 3.63) is 29.1 Å². The van der Waals surface area contributed by atoms with Gasteiger partial charge in [0, 0.05) is 5.69 Å². The van der Waals surface area contributed by atoms with Crippen molar-refractivity contribution in [1.29, 1.82) is 0 Å². The van der Waals surface area contributed by atoms with Gasteiger partial charge in [0.1, 0.15) is 0 Å². The monoisotopic (exact) mass is 286 g/mol. The summed E-state index contributed by atoms with van der Waals surface area (Å²) in [7, 11) is 0. The van der Waals surface area contributed by atoms with Gasteiger partial charge < -0.3 is 0 Å². The topological polar surface area (TPSA) is 70.1 Å². The van der Waals surface area contributed by atoms with Crippen molar-refractivity contribution in [3.8, 4) is 0 Å². The van der Waals surface area contributed by atoms with Gasteiger partial charge in [0.2, 0.25) is 5.91 Å². The minimum atomic E-state index is -0.139. The van der Waals surface area contributed by atoms with Gasteiger partial charge in [0.25, 0.3) is 0 Å². The summed E-state index contributed by atoms with van der Waals surface area (Å²) < 4.78 is 0. The first-order valence-electron chi connectivity index (χ1n) is 7.49. The van der Waals surface area contributed by atoms with E-state index in [1.807, 2.05) is 19.2 Å². The van der Waals surface area contributed by atoms with Gasteiger partial charge in [-0.1, -0.05) is 19.9 Å². The van der Waals surface area contributed by atoms with E-state index in [4.69, 9.17) is 0 Å². The molecular weight excluding hydrogens is 264 g/mol. The molecule has 0 aromatic carbocycles. The molecular formula is C16H22N4O. The lowest BCUT2D eigenvalue weighted by Gasteiger charge is -2.55. The fourth-order valence-corrected chi connectivity index (χ4v) is 3.49. The van der Waals surface area contributed by atoms with Crippen LogP contribution in [0.2, 0.25) is 0 Å². The Hall–Kier alpha value is -1.91. The number of hydrazone groups is 1. The molecule has 21 heavy (non-hydrogen) atoms. The number of carbonyl (C=O) groups excluding carboxylic acids is 1. The van der Waals surface area contributed by atoms with Gasteiger partial charge in [-0.25, -0.2) is 5.43 Å². The molecule has 1 fully saturated rings. The van der Waals surface area contributed by atoms with E-state index in [2.05, 4.69) is 40.6 Å². The second-order valence-electron chi connectivity index (χ2n) is 6.76. The summed E-state index contributed by atoms with van der Waals surface area (Å²) in [5, 5.41) is 11.0. The van der Waals surface area contributed by atoms with Crippen LogP contribution in [0.15, 0.2) is 22.8 Å². The highest BCUT2D eigenvalue weighted by Crippen LogP contribution is 2.58. The molecule has 2 atom stereocenters. The molecule has 1 aromatic rings. The molecule has 3 aliphatic rings. The highest BCUT2D eigenvalue weighted by molar-refractivity contribution is 5.83. The lowest BCUT2D eigenvalue weighted by molar-refractivity contribution is -0.120. The van der Waals surface area contributed by atoms with E-state index in [0.29, 0.717) is 11.3 Å². The van der Waals surface area contributed by atoms with E-state index in [-0.39, 0.29) is 12.3 Å². The van der Waals surface area contributed by atoms with Crippen LogP contribution in [-0.4, -0.2) is 22.3 Å². The molecule has 112 valence electrons. The molecule has 5 nitrogen and oxygen atoms in total. The van der Waals surface area contributed by atoms with E-state index in [1.54, 1.807) is 0 Å². The Morgan fingerprint density at radius 3 is 3.05 bits per heavy atom. The number of amides is 1. The largest absolute Gasteiger partial charge is 0.283 e. The van der Waals surface area contributed by atoms with E-state index >= 15 is 0 Å². The highest BCUT2D eigenvalue weighted by Gasteiger charge is 2.50. The Balaban J connectivity index is 1.53. The van der Waals surface area contributed by atoms with Crippen molar-refractivity contribution in [2.24, 2.45) is 22.4 Å². The molecule has 5 heteroatoms. The second-order valence-corrected chi connectivity index (χ2v) is 6.76. The van der Waals surface area contributed by atoms with Crippen molar-refractivity contribution < 1.29 is 4.79 Å². The number of hydrogen-bond acceptors (Lipinski definition) is 3. The number of rotatable bonds is 4. The Morgan fingerprint density at radius 2 is 2.43 bits per heavy atom. The van der Waals surface area contributed by atoms with E-state index in [9.17, 15) is 4.79 Å². The number of aromatic nitrogens is 2. The maximum Gasteiger partial charge on any atom is 0.246 e. The number of aryl methyl sites for hydroxylation is 1. The average Bonchev–Trinajstić information content (AvgIpc) is 2.84. The molecule has 1 saturated carbocycles. The first-order chi connectivity index (χ1) is 9.96. The van der Waals surface area contributed by atoms with Crippen LogP contribution in [0.4, 0.5) is 0 Å². The van der Waals surface area contributed by atoms with Crippen molar-refractivity contribution in [1.82, 2.24) is 15.6 Å². The molecule has 0 aliphatic heterocycles. The molecule has 0 spiro atoms. The number of nitrogens with one attached hydrogen (secondary N) is 2. The lowest BCUT2D eigenvalue weighted by Crippen LogP contribution is -2.48. The zero-order chi connectivity index (χ0) is 15.0. The van der Waals surface area contributed by atoms with Crippen LogP contribution in [0.5, 0.6) is 0 Å². The summed E-state index contributed by atoms with van der Waals surface area (Å²) in [6.07, 6.45) is 6.71. The standard InChI is InChI=1S/C16H22N4O/c1-10-6-13(19-18-10)8-15(21)20-17-9-11-4-5-12-7-14(11)16(12,2)3/h4,6,9,12,14H,5,7-8H2,1-3H3,(H,18,19)(H,20,21)/b17-9+. The number of fused-ring (bicyclic) bond motifs is 1. The van der Waals surface area contributed by atoms with Crippen LogP contribution in [-0.2, 0) is 11.2 Å². The van der Waals surface area contributed by atoms with Crippen LogP contribution in [0.1, 0.15) is 38.1 Å². The summed E-state index contributed by atoms with van der Waals surface area (Å²) in [5.41, 5.74) is 5.92. The molecule has 0 saturated heterocycles. The predicted octanol–water partition coefficient (Wildman–Crippen LogP) is 2.36. The van der Waals surface area contributed by atoms with Gasteiger partial charge in [0.05, 0.1) is 18.3 Å². The smallest absolute Gasteiger partial charge is 0.246 e. The fourth-order valence-electron chi connectivity index (χ4n) is 3.49. The predicted molar refractivity (Wildman–Crippen MR) is 81.7 cm³/mol. The van der Waals surface area contributed by atoms with Crippen LogP contribution in [0.3, 0.4) is 0 Å². The molecule has 3 aliphatic carbocycles. The summed E-state index contributed by atoms with van der Waals surface area (Å²) in [5.74, 6) is 1.27. The Labute approximate surface area is 124 Å². The number of nitrogens with zero attached hydrogens (tertiary/aromatic N) is 2. The van der Waals surface area contributed by atoms with Gasteiger partial charge in [-0.3, -0.25) is 9.89 Å². The average molecular weight is 286 g/mol. The molecule has 4 rings (SSSR count). The number of aromatic amines is 1. The molecule has 0 radical (unpaired) electrons. The molecule has 2 bridgehead atoms. The van der Waals surface area contributed by atoms with Crippen molar-refractivity contribution in [2.45, 2.75) is 40.0 Å². The third-order valence-corrected chi connectivity index (χ3v) is 5.01. The van der Waals surface area contributed by atoms with Crippen molar-refractivity contribution >= 4 is 12.1 Å². The van der Waals surface area contributed by atoms with Gasteiger partial charge in [0.15, 0.2) is 0 Å². The molecule has 2 unspecified atom stereocenters. The molecule has 1 aromatic heterocycles. The highest BCUT2D eigenvalue weighted by atomic mass is 16.2. The Kier molecular flexibility index (Phi) is 3.43. The summed E-state index contributed by atoms with van der Waals surface area (Å²) >= 11 is 0. The van der Waals surface area contributed by atoms with Gasteiger partial charge in [-0.05, 0) is 48.7 Å². The minimum absolute atomic E-state index is 0.139. The van der Waals surface area contributed by atoms with E-state index < -0.39 is 0 Å². The number of H-pyrrole nitrogens is 1. The van der Waals surface area contributed by atoms with Crippen LogP contribution < -0.4 is 5.43 Å². The Morgan fingerprint density at radius 1 is 1.62 bits per heavy atom. The molecule has 2 N–H and O–H groups in total. The van der Waals surface area contributed by atoms with Crippen LogP contribution in [0, 0.1) is 24.2 Å². The van der Waals surface area contributed by atoms with Gasteiger partial charge in [-0.2, -0.15) is 10.2 Å². The normalized spacial score (nSPS) is 26.3. The van der Waals surface area contributed by atoms with E-state index in [1.165, 1.54) is 12.0 Å². The van der Waals surface area contributed by atoms with Gasteiger partial charge >= 0.3 is 0 Å². The third-order valence-electron chi connectivity index (χ3n) is 5.01. The quantitative estimate of drug-likeness (QED) is 0.659. The van der Waals surface area contributed by atoms with Crippen molar-refractivity contribution in [3.63, 3.8) is 0 Å². The first kappa shape index (κ1) is 14.0. The number of allylic oxidation sites excluding steroid dienone is 2. The first-order valence-corrected chi connectivity index (χ1v) is 7.49. The number of hydrogen-bond donors (Lipinski definition) is 2. The summed E-state index contributed by atoms with van der Waals surface area (Å²) in [6.45, 7) is 6.56. The van der Waals surface area contributed by atoms with Crippen molar-refractivity contribution in [2.75, 3.05) is 0 Å². The summed E-state index contributed by atoms with van der Waals surface area (Å²) in [6, 6.07) is 1.87. The van der Waals surface area contributed by atoms with E-state index in [0.717, 1.165) is 23.7 Å². The van der Waals surface area contributed by atoms with Gasteiger partial charge in [-0.15, -0.1) is 0 Å². The third kappa shape index (κ3) is 2.64. The maximum absolute atomic E-state index is 11.8. The second kappa shape index (κ2) is 5.13. The molecule has 1 heterocycles. The van der Waals surface area contributed by atoms with Crippen LogP contribution >= 0.6 is 0 Å². The van der Waals surface area contributed by atoms with Crippen LogP contribution in [0.25, 0.3) is 0 Å². The number of carbonyl (C=O) groups is 1. The Bertz CT molecular complexity index is 612. The maximum atomic E-state index is 11.8. The molecule has 1 amide bonds. The zero-order valence-corrected chi connectivity index (χ0v) is 12.8. The fraction of sp³-hybridized carbons (Fsp3) is 0.562. The summed E-state index contributed by atoms with van der Waals surface area (Å²) in [4.78, 5) is 11.8. The minimum Gasteiger partial charge on any atom is -0.283 e. The SMILES string of the molecule is Cc1cc(CC(=O)N/N=C/C2=CCC3CC2C3(C)C)n[nH]1. The zero-order valence-electron chi connectivity index (χ0n) is 12.8. The lowest BCUT2D eigenvalue weighted by atomic mass is 9.49.